The van der Waals surface area contributed by atoms with Crippen molar-refractivity contribution < 1.29 is 32.0 Å². The Morgan fingerprint density at radius 1 is 1.11 bits per heavy atom. The number of benzene rings is 2. The van der Waals surface area contributed by atoms with Crippen molar-refractivity contribution in [3.05, 3.63) is 72.7 Å². The van der Waals surface area contributed by atoms with Crippen LogP contribution in [0.3, 0.4) is 0 Å². The zero-order valence-corrected chi connectivity index (χ0v) is 20.5. The number of ether oxygens (including phenoxy) is 1. The van der Waals surface area contributed by atoms with E-state index in [1.165, 1.54) is 37.5 Å². The van der Waals surface area contributed by atoms with Crippen molar-refractivity contribution >= 4 is 39.1 Å². The number of anilines is 2. The fourth-order valence-corrected chi connectivity index (χ4v) is 5.49. The summed E-state index contributed by atoms with van der Waals surface area (Å²) < 4.78 is 39.1. The smallest absolute Gasteiger partial charge is 0.252 e. The first-order valence-corrected chi connectivity index (χ1v) is 12.7. The van der Waals surface area contributed by atoms with E-state index in [9.17, 15) is 22.8 Å². The first-order chi connectivity index (χ1) is 17.2. The number of rotatable bonds is 9. The normalized spacial score (nSPS) is 16.0. The number of sulfonamides is 1. The van der Waals surface area contributed by atoms with E-state index < -0.39 is 27.9 Å². The van der Waals surface area contributed by atoms with Gasteiger partial charge in [-0.2, -0.15) is 4.31 Å². The summed E-state index contributed by atoms with van der Waals surface area (Å²) in [6.07, 6.45) is 1.08. The third-order valence-corrected chi connectivity index (χ3v) is 7.42. The van der Waals surface area contributed by atoms with Crippen molar-refractivity contribution in [2.75, 3.05) is 16.8 Å². The average Bonchev–Trinajstić information content (AvgIpc) is 3.45. The fourth-order valence-electron chi connectivity index (χ4n) is 3.94. The highest BCUT2D eigenvalue weighted by molar-refractivity contribution is 7.89. The molecule has 0 aliphatic carbocycles. The molecule has 0 saturated carbocycles. The molecule has 11 heteroatoms. The zero-order chi connectivity index (χ0) is 25.9. The molecule has 2 aromatic carbocycles. The molecule has 1 aliphatic heterocycles. The van der Waals surface area contributed by atoms with Gasteiger partial charge in [-0.3, -0.25) is 14.4 Å². The summed E-state index contributed by atoms with van der Waals surface area (Å²) in [5, 5.41) is 2.58. The van der Waals surface area contributed by atoms with Gasteiger partial charge in [-0.25, -0.2) is 13.3 Å². The number of nitrogens with one attached hydrogen (secondary N) is 1. The van der Waals surface area contributed by atoms with Crippen LogP contribution in [0.5, 0.6) is 5.75 Å². The predicted octanol–water partition coefficient (Wildman–Crippen LogP) is 3.16. The van der Waals surface area contributed by atoms with Gasteiger partial charge in [-0.05, 0) is 67.6 Å². The lowest BCUT2D eigenvalue weighted by Crippen LogP contribution is -2.45. The standard InChI is InChI=1S/C25H25N3O7S/c1-3-34-20-10-8-19(9-11-20)28-24(30)15-23(25(28)31)27(16-21-5-4-14-35-21)36(32,33)22-12-6-18(7-13-22)26-17(2)29/h4-14,23H,3,15-16H2,1-2H3,(H,26,29). The highest BCUT2D eigenvalue weighted by atomic mass is 32.2. The Hall–Kier alpha value is -3.96. The van der Waals surface area contributed by atoms with Crippen LogP contribution < -0.4 is 15.0 Å². The van der Waals surface area contributed by atoms with Gasteiger partial charge in [-0.15, -0.1) is 0 Å². The van der Waals surface area contributed by atoms with Crippen molar-refractivity contribution in [2.24, 2.45) is 0 Å². The van der Waals surface area contributed by atoms with Crippen molar-refractivity contribution in [1.29, 1.82) is 0 Å². The highest BCUT2D eigenvalue weighted by Gasteiger charge is 2.47. The summed E-state index contributed by atoms with van der Waals surface area (Å²) in [5.41, 5.74) is 0.749. The van der Waals surface area contributed by atoms with Crippen molar-refractivity contribution in [3.8, 4) is 5.75 Å². The Morgan fingerprint density at radius 3 is 2.39 bits per heavy atom. The van der Waals surface area contributed by atoms with Crippen LogP contribution in [0, 0.1) is 0 Å². The van der Waals surface area contributed by atoms with E-state index in [1.807, 2.05) is 6.92 Å². The molecule has 4 rings (SSSR count). The molecule has 10 nitrogen and oxygen atoms in total. The molecular formula is C25H25N3O7S. The lowest BCUT2D eigenvalue weighted by molar-refractivity contribution is -0.122. The van der Waals surface area contributed by atoms with E-state index in [4.69, 9.17) is 9.15 Å². The van der Waals surface area contributed by atoms with Gasteiger partial charge in [0, 0.05) is 12.6 Å². The Bertz CT molecular complexity index is 1350. The van der Waals surface area contributed by atoms with Gasteiger partial charge in [0.2, 0.25) is 21.8 Å². The molecule has 1 N–H and O–H groups in total. The maximum absolute atomic E-state index is 13.7. The number of nitrogens with zero attached hydrogens (tertiary/aromatic N) is 2. The molecular weight excluding hydrogens is 486 g/mol. The van der Waals surface area contributed by atoms with E-state index in [1.54, 1.807) is 36.4 Å². The minimum Gasteiger partial charge on any atom is -0.494 e. The molecule has 3 amide bonds. The molecule has 1 aromatic heterocycles. The molecule has 0 bridgehead atoms. The molecule has 0 spiro atoms. The Morgan fingerprint density at radius 2 is 1.81 bits per heavy atom. The summed E-state index contributed by atoms with van der Waals surface area (Å²) in [5.74, 6) is -0.576. The van der Waals surface area contributed by atoms with Crippen LogP contribution in [0.15, 0.2) is 76.2 Å². The maximum atomic E-state index is 13.7. The van der Waals surface area contributed by atoms with Gasteiger partial charge >= 0.3 is 0 Å². The molecule has 36 heavy (non-hydrogen) atoms. The summed E-state index contributed by atoms with van der Waals surface area (Å²) >= 11 is 0. The molecule has 1 aliphatic rings. The molecule has 188 valence electrons. The lowest BCUT2D eigenvalue weighted by atomic mass is 10.2. The number of carbonyl (C=O) groups excluding carboxylic acids is 3. The van der Waals surface area contributed by atoms with Gasteiger partial charge in [0.05, 0.1) is 36.4 Å². The molecule has 3 aromatic rings. The number of carbonyl (C=O) groups is 3. The van der Waals surface area contributed by atoms with E-state index in [0.717, 1.165) is 9.21 Å². The quantitative estimate of drug-likeness (QED) is 0.437. The maximum Gasteiger partial charge on any atom is 0.252 e. The van der Waals surface area contributed by atoms with Gasteiger partial charge in [-0.1, -0.05) is 0 Å². The predicted molar refractivity (Wildman–Crippen MR) is 131 cm³/mol. The first-order valence-electron chi connectivity index (χ1n) is 11.2. The molecule has 1 saturated heterocycles. The summed E-state index contributed by atoms with van der Waals surface area (Å²) in [4.78, 5) is 38.5. The molecule has 2 heterocycles. The number of hydrogen-bond acceptors (Lipinski definition) is 7. The van der Waals surface area contributed by atoms with Gasteiger partial charge in [0.25, 0.3) is 5.91 Å². The minimum absolute atomic E-state index is 0.0945. The Balaban J connectivity index is 1.67. The minimum atomic E-state index is -4.24. The van der Waals surface area contributed by atoms with Crippen molar-refractivity contribution in [1.82, 2.24) is 4.31 Å². The van der Waals surface area contributed by atoms with Crippen LogP contribution in [0.4, 0.5) is 11.4 Å². The van der Waals surface area contributed by atoms with E-state index >= 15 is 0 Å². The second kappa shape index (κ2) is 10.3. The molecule has 0 radical (unpaired) electrons. The number of furan rings is 1. The number of amides is 3. The van der Waals surface area contributed by atoms with Crippen molar-refractivity contribution in [2.45, 2.75) is 37.8 Å². The van der Waals surface area contributed by atoms with Crippen LogP contribution in [-0.4, -0.2) is 43.1 Å². The zero-order valence-electron chi connectivity index (χ0n) is 19.7. The second-order valence-corrected chi connectivity index (χ2v) is 9.94. The lowest BCUT2D eigenvalue weighted by Gasteiger charge is -2.26. The number of imide groups is 1. The third kappa shape index (κ3) is 5.16. The second-order valence-electron chi connectivity index (χ2n) is 8.05. The van der Waals surface area contributed by atoms with Crippen LogP contribution in [0.1, 0.15) is 26.0 Å². The van der Waals surface area contributed by atoms with Crippen molar-refractivity contribution in [3.63, 3.8) is 0 Å². The van der Waals surface area contributed by atoms with Crippen LogP contribution in [0.2, 0.25) is 0 Å². The summed E-state index contributed by atoms with van der Waals surface area (Å²) in [6.45, 7) is 3.40. The van der Waals surface area contributed by atoms with Crippen LogP contribution >= 0.6 is 0 Å². The van der Waals surface area contributed by atoms with E-state index in [2.05, 4.69) is 5.32 Å². The van der Waals surface area contributed by atoms with Gasteiger partial charge < -0.3 is 14.5 Å². The largest absolute Gasteiger partial charge is 0.494 e. The monoisotopic (exact) mass is 511 g/mol. The molecule has 1 fully saturated rings. The SMILES string of the molecule is CCOc1ccc(N2C(=O)CC(N(Cc3ccco3)S(=O)(=O)c3ccc(NC(C)=O)cc3)C2=O)cc1. The Labute approximate surface area is 208 Å². The highest BCUT2D eigenvalue weighted by Crippen LogP contribution is 2.32. The first kappa shape index (κ1) is 25.1. The van der Waals surface area contributed by atoms with E-state index in [-0.39, 0.29) is 23.8 Å². The third-order valence-electron chi connectivity index (χ3n) is 5.55. The topological polar surface area (TPSA) is 126 Å². The van der Waals surface area contributed by atoms with Crippen LogP contribution in [-0.2, 0) is 31.0 Å². The molecule has 1 atom stereocenters. The Kier molecular flexibility index (Phi) is 7.22. The summed E-state index contributed by atoms with van der Waals surface area (Å²) in [7, 11) is -4.24. The molecule has 1 unspecified atom stereocenters. The van der Waals surface area contributed by atoms with Gasteiger partial charge in [0.15, 0.2) is 0 Å². The fraction of sp³-hybridized carbons (Fsp3) is 0.240. The van der Waals surface area contributed by atoms with Gasteiger partial charge in [0.1, 0.15) is 17.6 Å². The summed E-state index contributed by atoms with van der Waals surface area (Å²) in [6, 6.07) is 13.9. The van der Waals surface area contributed by atoms with Crippen LogP contribution in [0.25, 0.3) is 0 Å². The number of hydrogen-bond donors (Lipinski definition) is 1. The average molecular weight is 512 g/mol. The van der Waals surface area contributed by atoms with E-state index in [0.29, 0.717) is 29.5 Å².